The molecular weight excluding hydrogens is 288 g/mol. The maximum Gasteiger partial charge on any atom is 0.323 e. The fraction of sp³-hybridized carbons (Fsp3) is 1.00. The van der Waals surface area contributed by atoms with Gasteiger partial charge in [-0.05, 0) is 58.5 Å². The molecule has 0 fully saturated rings. The summed E-state index contributed by atoms with van der Waals surface area (Å²) in [6.45, 7) is 23.9. The molecule has 1 atom stereocenters. The van der Waals surface area contributed by atoms with Crippen LogP contribution in [0, 0.1) is 0 Å². The van der Waals surface area contributed by atoms with E-state index in [-0.39, 0.29) is 10.6 Å². The molecule has 0 spiro atoms. The van der Waals surface area contributed by atoms with Gasteiger partial charge in [0.15, 0.2) is 8.32 Å². The van der Waals surface area contributed by atoms with Crippen LogP contribution in [0.2, 0.25) is 37.8 Å². The molecule has 19 heavy (non-hydrogen) atoms. The second-order valence-corrected chi connectivity index (χ2v) is 18.7. The van der Waals surface area contributed by atoms with Gasteiger partial charge < -0.3 is 12.7 Å². The molecule has 0 saturated carbocycles. The smallest absolute Gasteiger partial charge is 0.323 e. The Balaban J connectivity index is 4.59. The highest BCUT2D eigenvalue weighted by Gasteiger charge is 2.40. The van der Waals surface area contributed by atoms with E-state index in [2.05, 4.69) is 74.3 Å². The summed E-state index contributed by atoms with van der Waals surface area (Å²) in [7, 11) is -5.47. The van der Waals surface area contributed by atoms with Crippen LogP contribution in [0.25, 0.3) is 0 Å². The maximum absolute atomic E-state index is 6.36. The van der Waals surface area contributed by atoms with Crippen molar-refractivity contribution in [1.29, 1.82) is 0 Å². The Bertz CT molecular complexity index is 290. The van der Waals surface area contributed by atoms with Gasteiger partial charge >= 0.3 is 8.56 Å². The van der Waals surface area contributed by atoms with Crippen molar-refractivity contribution < 1.29 is 12.7 Å². The molecule has 0 bridgehead atoms. The lowest BCUT2D eigenvalue weighted by Gasteiger charge is -2.40. The lowest BCUT2D eigenvalue weighted by Crippen LogP contribution is -2.51. The topological polar surface area (TPSA) is 27.7 Å². The predicted octanol–water partition coefficient (Wildman–Crippen LogP) is 4.39. The average molecular weight is 323 g/mol. The molecule has 0 N–H and O–H groups in total. The third-order valence-electron chi connectivity index (χ3n) is 3.27. The average Bonchev–Trinajstić information content (AvgIpc) is 1.91. The molecule has 0 saturated heterocycles. The van der Waals surface area contributed by atoms with Crippen molar-refractivity contribution in [3.63, 3.8) is 0 Å². The van der Waals surface area contributed by atoms with Gasteiger partial charge in [-0.25, -0.2) is 0 Å². The fourth-order valence-corrected chi connectivity index (χ4v) is 12.0. The third kappa shape index (κ3) is 7.77. The third-order valence-corrected chi connectivity index (χ3v) is 15.3. The zero-order chi connectivity index (χ0) is 15.7. The summed E-state index contributed by atoms with van der Waals surface area (Å²) in [5.74, 6) is 0. The summed E-state index contributed by atoms with van der Waals surface area (Å²) in [5.41, 5.74) is -0.152. The Morgan fingerprint density at radius 1 is 0.789 bits per heavy atom. The molecule has 0 radical (unpaired) electrons. The Morgan fingerprint density at radius 2 is 1.21 bits per heavy atom. The predicted molar refractivity (Wildman–Crippen MR) is 90.7 cm³/mol. The van der Waals surface area contributed by atoms with Gasteiger partial charge in [0.05, 0.1) is 5.60 Å². The molecule has 0 aromatic heterocycles. The van der Waals surface area contributed by atoms with Crippen molar-refractivity contribution in [1.82, 2.24) is 0 Å². The number of hydrogen-bond donors (Lipinski definition) is 0. The molecule has 3 nitrogen and oxygen atoms in total. The summed E-state index contributed by atoms with van der Waals surface area (Å²) in [5, 5.41) is 0.230. The van der Waals surface area contributed by atoms with Crippen LogP contribution in [0.5, 0.6) is 0 Å². The SMILES string of the molecule is C[SiH](O[Si](C)(C)OC(C)(C)C)O[Si](C)(C)C(C)(C)C. The summed E-state index contributed by atoms with van der Waals surface area (Å²) in [6.07, 6.45) is 0. The second-order valence-electron chi connectivity index (χ2n) is 8.18. The van der Waals surface area contributed by atoms with Crippen LogP contribution in [-0.2, 0) is 12.7 Å². The molecule has 1 unspecified atom stereocenters. The lowest BCUT2D eigenvalue weighted by molar-refractivity contribution is 0.0909. The molecule has 0 rings (SSSR count). The van der Waals surface area contributed by atoms with Gasteiger partial charge in [-0.3, -0.25) is 0 Å². The van der Waals surface area contributed by atoms with Crippen molar-refractivity contribution in [3.05, 3.63) is 0 Å². The molecule has 0 aliphatic heterocycles. The van der Waals surface area contributed by atoms with Crippen molar-refractivity contribution in [2.75, 3.05) is 0 Å². The Labute approximate surface area is 124 Å². The van der Waals surface area contributed by atoms with Gasteiger partial charge in [-0.2, -0.15) is 0 Å². The van der Waals surface area contributed by atoms with Crippen LogP contribution < -0.4 is 0 Å². The molecular formula is C13H34O3Si3. The summed E-state index contributed by atoms with van der Waals surface area (Å²) in [6, 6.07) is 0. The zero-order valence-electron chi connectivity index (χ0n) is 14.8. The van der Waals surface area contributed by atoms with E-state index in [9.17, 15) is 0 Å². The molecule has 116 valence electrons. The van der Waals surface area contributed by atoms with E-state index in [4.69, 9.17) is 12.7 Å². The molecule has 6 heteroatoms. The number of hydrogen-bond acceptors (Lipinski definition) is 3. The van der Waals surface area contributed by atoms with Crippen LogP contribution in [-0.4, -0.2) is 31.8 Å². The molecule has 0 aliphatic carbocycles. The first-order valence-corrected chi connectivity index (χ1v) is 14.9. The first-order chi connectivity index (χ1) is 8.06. The van der Waals surface area contributed by atoms with Crippen molar-refractivity contribution in [2.45, 2.75) is 84.9 Å². The van der Waals surface area contributed by atoms with Crippen molar-refractivity contribution in [3.8, 4) is 0 Å². The van der Waals surface area contributed by atoms with Crippen LogP contribution in [0.15, 0.2) is 0 Å². The van der Waals surface area contributed by atoms with Gasteiger partial charge in [0.2, 0.25) is 0 Å². The van der Waals surface area contributed by atoms with Gasteiger partial charge in [0, 0.05) is 0 Å². The van der Waals surface area contributed by atoms with Gasteiger partial charge in [0.25, 0.3) is 9.28 Å². The summed E-state index contributed by atoms with van der Waals surface area (Å²) >= 11 is 0. The number of rotatable bonds is 5. The summed E-state index contributed by atoms with van der Waals surface area (Å²) < 4.78 is 18.7. The summed E-state index contributed by atoms with van der Waals surface area (Å²) in [4.78, 5) is 0. The highest BCUT2D eigenvalue weighted by molar-refractivity contribution is 6.81. The molecule has 0 aromatic rings. The van der Waals surface area contributed by atoms with E-state index in [0.29, 0.717) is 0 Å². The molecule has 0 aromatic carbocycles. The Kier molecular flexibility index (Phi) is 6.28. The van der Waals surface area contributed by atoms with E-state index in [0.717, 1.165) is 0 Å². The highest BCUT2D eigenvalue weighted by atomic mass is 28.5. The van der Waals surface area contributed by atoms with Crippen LogP contribution in [0.1, 0.15) is 41.5 Å². The van der Waals surface area contributed by atoms with Crippen molar-refractivity contribution >= 4 is 26.2 Å². The second kappa shape index (κ2) is 6.11. The molecule has 0 aliphatic rings. The first-order valence-electron chi connectivity index (χ1n) is 7.12. The highest BCUT2D eigenvalue weighted by Crippen LogP contribution is 2.37. The van der Waals surface area contributed by atoms with Crippen LogP contribution in [0.3, 0.4) is 0 Å². The largest absolute Gasteiger partial charge is 0.438 e. The Hall–Kier alpha value is 0.531. The fourth-order valence-electron chi connectivity index (χ4n) is 1.78. The van der Waals surface area contributed by atoms with E-state index in [1.807, 2.05) is 0 Å². The lowest BCUT2D eigenvalue weighted by atomic mass is 10.2. The van der Waals surface area contributed by atoms with Gasteiger partial charge in [0.1, 0.15) is 0 Å². The monoisotopic (exact) mass is 322 g/mol. The van der Waals surface area contributed by atoms with Crippen LogP contribution >= 0.6 is 0 Å². The van der Waals surface area contributed by atoms with E-state index < -0.39 is 26.2 Å². The minimum atomic E-state index is -2.10. The van der Waals surface area contributed by atoms with E-state index in [1.165, 1.54) is 0 Å². The van der Waals surface area contributed by atoms with Gasteiger partial charge in [-0.1, -0.05) is 20.8 Å². The quantitative estimate of drug-likeness (QED) is 0.702. The normalized spacial score (nSPS) is 16.6. The molecule has 0 amide bonds. The van der Waals surface area contributed by atoms with Gasteiger partial charge in [-0.15, -0.1) is 0 Å². The minimum absolute atomic E-state index is 0.152. The first kappa shape index (κ1) is 19.5. The minimum Gasteiger partial charge on any atom is -0.438 e. The van der Waals surface area contributed by atoms with E-state index in [1.54, 1.807) is 0 Å². The van der Waals surface area contributed by atoms with Crippen LogP contribution in [0.4, 0.5) is 0 Å². The van der Waals surface area contributed by atoms with E-state index >= 15 is 0 Å². The Morgan fingerprint density at radius 3 is 1.53 bits per heavy atom. The molecule has 0 heterocycles. The zero-order valence-corrected chi connectivity index (χ0v) is 18.0. The van der Waals surface area contributed by atoms with Crippen molar-refractivity contribution in [2.24, 2.45) is 0 Å². The standard InChI is InChI=1S/C13H34O3Si3/c1-12(2,3)14-19(10,11)16-17(7)15-18(8,9)13(4,5)6/h17H,1-11H3. The maximum atomic E-state index is 6.36.